The molecule has 2 atom stereocenters. The van der Waals surface area contributed by atoms with Crippen LogP contribution in [0.3, 0.4) is 0 Å². The summed E-state index contributed by atoms with van der Waals surface area (Å²) in [5, 5.41) is 9.96. The molecule has 1 saturated carbocycles. The van der Waals surface area contributed by atoms with Crippen LogP contribution in [0, 0.1) is 5.92 Å². The van der Waals surface area contributed by atoms with E-state index < -0.39 is 0 Å². The molecule has 0 aromatic heterocycles. The van der Waals surface area contributed by atoms with E-state index in [1.165, 1.54) is 31.4 Å². The van der Waals surface area contributed by atoms with E-state index in [1.54, 1.807) is 6.07 Å². The first-order valence-corrected chi connectivity index (χ1v) is 7.34. The zero-order valence-corrected chi connectivity index (χ0v) is 11.6. The van der Waals surface area contributed by atoms with Crippen molar-refractivity contribution >= 4 is 17.5 Å². The molecule has 1 aromatic rings. The highest BCUT2D eigenvalue weighted by Crippen LogP contribution is 2.38. The largest absolute Gasteiger partial charge is 0.508 e. The van der Waals surface area contributed by atoms with E-state index in [-0.39, 0.29) is 11.7 Å². The zero-order valence-electron chi connectivity index (χ0n) is 10.8. The van der Waals surface area contributed by atoms with E-state index >= 15 is 0 Å². The van der Waals surface area contributed by atoms with E-state index in [0.717, 1.165) is 19.4 Å². The maximum Gasteiger partial charge on any atom is 0.255 e. The molecule has 1 aromatic carbocycles. The first-order valence-electron chi connectivity index (χ1n) is 6.96. The molecule has 102 valence electrons. The third-order valence-electron chi connectivity index (χ3n) is 4.43. The number of rotatable bonds is 1. The molecule has 0 bridgehead atoms. The van der Waals surface area contributed by atoms with Crippen molar-refractivity contribution in [2.24, 2.45) is 5.92 Å². The highest BCUT2D eigenvalue weighted by Gasteiger charge is 2.37. The summed E-state index contributed by atoms with van der Waals surface area (Å²) < 4.78 is 0. The summed E-state index contributed by atoms with van der Waals surface area (Å²) in [5.41, 5.74) is 0.425. The molecule has 0 radical (unpaired) electrons. The number of carbonyl (C=O) groups is 1. The van der Waals surface area contributed by atoms with Crippen LogP contribution in [0.15, 0.2) is 18.2 Å². The SMILES string of the molecule is O=C(c1cc(O)ccc1Cl)N1CCCC2CCCC21. The Morgan fingerprint density at radius 1 is 1.26 bits per heavy atom. The van der Waals surface area contributed by atoms with Crippen molar-refractivity contribution in [3.05, 3.63) is 28.8 Å². The Balaban J connectivity index is 1.88. The van der Waals surface area contributed by atoms with Gasteiger partial charge in [0, 0.05) is 12.6 Å². The normalized spacial score (nSPS) is 26.3. The number of halogens is 1. The lowest BCUT2D eigenvalue weighted by Gasteiger charge is -2.38. The molecule has 0 spiro atoms. The molecule has 1 heterocycles. The van der Waals surface area contributed by atoms with Crippen LogP contribution in [0.4, 0.5) is 0 Å². The number of likely N-dealkylation sites (tertiary alicyclic amines) is 1. The van der Waals surface area contributed by atoms with Gasteiger partial charge in [-0.1, -0.05) is 18.0 Å². The number of carbonyl (C=O) groups excluding carboxylic acids is 1. The Labute approximate surface area is 118 Å². The van der Waals surface area contributed by atoms with Crippen LogP contribution in [0.25, 0.3) is 0 Å². The number of amides is 1. The van der Waals surface area contributed by atoms with Gasteiger partial charge in [0.1, 0.15) is 5.75 Å². The van der Waals surface area contributed by atoms with Crippen LogP contribution in [-0.4, -0.2) is 28.5 Å². The number of benzene rings is 1. The third-order valence-corrected chi connectivity index (χ3v) is 4.76. The lowest BCUT2D eigenvalue weighted by Crippen LogP contribution is -2.46. The van der Waals surface area contributed by atoms with Crippen LogP contribution < -0.4 is 0 Å². The summed E-state index contributed by atoms with van der Waals surface area (Å²) in [6, 6.07) is 4.94. The smallest absolute Gasteiger partial charge is 0.255 e. The van der Waals surface area contributed by atoms with Crippen LogP contribution in [0.2, 0.25) is 5.02 Å². The number of nitrogens with zero attached hydrogens (tertiary/aromatic N) is 1. The highest BCUT2D eigenvalue weighted by molar-refractivity contribution is 6.33. The van der Waals surface area contributed by atoms with Crippen LogP contribution in [-0.2, 0) is 0 Å². The maximum atomic E-state index is 12.6. The molecule has 3 nitrogen and oxygen atoms in total. The van der Waals surface area contributed by atoms with Crippen molar-refractivity contribution < 1.29 is 9.90 Å². The predicted octanol–water partition coefficient (Wildman–Crippen LogP) is 3.45. The summed E-state index contributed by atoms with van der Waals surface area (Å²) in [6.45, 7) is 0.811. The number of phenolic OH excluding ortho intramolecular Hbond substituents is 1. The van der Waals surface area contributed by atoms with Crippen molar-refractivity contribution in [2.45, 2.75) is 38.1 Å². The van der Waals surface area contributed by atoms with Crippen molar-refractivity contribution in [1.82, 2.24) is 4.90 Å². The Hall–Kier alpha value is -1.22. The molecule has 2 unspecified atom stereocenters. The van der Waals surface area contributed by atoms with Crippen molar-refractivity contribution in [2.75, 3.05) is 6.54 Å². The maximum absolute atomic E-state index is 12.6. The van der Waals surface area contributed by atoms with Crippen LogP contribution >= 0.6 is 11.6 Å². The summed E-state index contributed by atoms with van der Waals surface area (Å²) in [5.74, 6) is 0.721. The van der Waals surface area contributed by atoms with Gasteiger partial charge in [0.05, 0.1) is 10.6 Å². The minimum absolute atomic E-state index is 0.0301. The monoisotopic (exact) mass is 279 g/mol. The standard InChI is InChI=1S/C15H18ClNO2/c16-13-7-6-11(18)9-12(13)15(19)17-8-2-4-10-3-1-5-14(10)17/h6-7,9-10,14,18H,1-5,8H2. The van der Waals surface area contributed by atoms with Gasteiger partial charge in [0.15, 0.2) is 0 Å². The van der Waals surface area contributed by atoms with Gasteiger partial charge in [-0.25, -0.2) is 0 Å². The number of aromatic hydroxyl groups is 1. The van der Waals surface area contributed by atoms with Gasteiger partial charge >= 0.3 is 0 Å². The summed E-state index contributed by atoms with van der Waals surface area (Å²) in [6.07, 6.45) is 5.87. The Morgan fingerprint density at radius 3 is 2.89 bits per heavy atom. The number of hydrogen-bond acceptors (Lipinski definition) is 2. The topological polar surface area (TPSA) is 40.5 Å². The lowest BCUT2D eigenvalue weighted by atomic mass is 9.91. The molecular formula is C15H18ClNO2. The summed E-state index contributed by atoms with van der Waals surface area (Å²) in [4.78, 5) is 14.6. The molecule has 4 heteroatoms. The Bertz CT molecular complexity index is 503. The average Bonchev–Trinajstić information content (AvgIpc) is 2.89. The van der Waals surface area contributed by atoms with E-state index in [9.17, 15) is 9.90 Å². The first kappa shape index (κ1) is 12.8. The van der Waals surface area contributed by atoms with Crippen molar-refractivity contribution in [3.63, 3.8) is 0 Å². The fraction of sp³-hybridized carbons (Fsp3) is 0.533. The average molecular weight is 280 g/mol. The first-order chi connectivity index (χ1) is 9.16. The number of hydrogen-bond donors (Lipinski definition) is 1. The van der Waals surface area contributed by atoms with Gasteiger partial charge in [-0.2, -0.15) is 0 Å². The summed E-state index contributed by atoms with van der Waals surface area (Å²) in [7, 11) is 0. The molecule has 1 N–H and O–H groups in total. The van der Waals surface area contributed by atoms with E-state index in [0.29, 0.717) is 22.5 Å². The van der Waals surface area contributed by atoms with Gasteiger partial charge in [0.25, 0.3) is 5.91 Å². The molecule has 2 fully saturated rings. The minimum atomic E-state index is -0.0301. The molecule has 1 saturated heterocycles. The predicted molar refractivity (Wildman–Crippen MR) is 74.5 cm³/mol. The molecule has 3 rings (SSSR count). The zero-order chi connectivity index (χ0) is 13.4. The molecule has 1 aliphatic heterocycles. The number of piperidine rings is 1. The molecule has 1 aliphatic carbocycles. The van der Waals surface area contributed by atoms with Crippen LogP contribution in [0.1, 0.15) is 42.5 Å². The molecule has 2 aliphatic rings. The molecule has 19 heavy (non-hydrogen) atoms. The second-order valence-corrected chi connectivity index (χ2v) is 5.97. The van der Waals surface area contributed by atoms with Crippen molar-refractivity contribution in [1.29, 1.82) is 0 Å². The summed E-state index contributed by atoms with van der Waals surface area (Å²) >= 11 is 6.09. The Morgan fingerprint density at radius 2 is 2.05 bits per heavy atom. The van der Waals surface area contributed by atoms with E-state index in [2.05, 4.69) is 0 Å². The fourth-order valence-electron chi connectivity index (χ4n) is 3.54. The number of fused-ring (bicyclic) bond motifs is 1. The highest BCUT2D eigenvalue weighted by atomic mass is 35.5. The van der Waals surface area contributed by atoms with Crippen LogP contribution in [0.5, 0.6) is 5.75 Å². The second kappa shape index (κ2) is 5.04. The van der Waals surface area contributed by atoms with E-state index in [1.807, 2.05) is 4.90 Å². The van der Waals surface area contributed by atoms with Gasteiger partial charge < -0.3 is 10.0 Å². The fourth-order valence-corrected chi connectivity index (χ4v) is 3.74. The lowest BCUT2D eigenvalue weighted by molar-refractivity contribution is 0.0548. The number of phenols is 1. The minimum Gasteiger partial charge on any atom is -0.508 e. The van der Waals surface area contributed by atoms with Gasteiger partial charge in [-0.15, -0.1) is 0 Å². The van der Waals surface area contributed by atoms with Crippen molar-refractivity contribution in [3.8, 4) is 5.75 Å². The van der Waals surface area contributed by atoms with E-state index in [4.69, 9.17) is 11.6 Å². The quantitative estimate of drug-likeness (QED) is 0.855. The molecular weight excluding hydrogens is 262 g/mol. The van der Waals surface area contributed by atoms with Gasteiger partial charge in [-0.3, -0.25) is 4.79 Å². The third kappa shape index (κ3) is 2.32. The van der Waals surface area contributed by atoms with Gasteiger partial charge in [-0.05, 0) is 49.8 Å². The second-order valence-electron chi connectivity index (χ2n) is 5.56. The Kier molecular flexibility index (Phi) is 3.40. The molecule has 1 amide bonds. The van der Waals surface area contributed by atoms with Gasteiger partial charge in [0.2, 0.25) is 0 Å².